The zero-order valence-corrected chi connectivity index (χ0v) is 14.7. The number of nitrogens with zero attached hydrogens (tertiary/aromatic N) is 2. The fourth-order valence-corrected chi connectivity index (χ4v) is 3.28. The molecule has 24 heavy (non-hydrogen) atoms. The Hall–Kier alpha value is -2.04. The summed E-state index contributed by atoms with van der Waals surface area (Å²) in [5.74, 6) is -0.880. The van der Waals surface area contributed by atoms with Crippen LogP contribution in [-0.4, -0.2) is 39.2 Å². The van der Waals surface area contributed by atoms with Crippen molar-refractivity contribution in [2.24, 2.45) is 0 Å². The van der Waals surface area contributed by atoms with Crippen molar-refractivity contribution in [1.29, 1.82) is 0 Å². The lowest BCUT2D eigenvalue weighted by molar-refractivity contribution is 0.102. The van der Waals surface area contributed by atoms with Gasteiger partial charge in [-0.2, -0.15) is 0 Å². The van der Waals surface area contributed by atoms with Crippen LogP contribution >= 0.6 is 10.7 Å². The van der Waals surface area contributed by atoms with E-state index in [9.17, 15) is 21.6 Å². The van der Waals surface area contributed by atoms with E-state index < -0.39 is 29.8 Å². The first-order valence-electron chi connectivity index (χ1n) is 6.41. The number of hydrogen-bond donors (Lipinski definition) is 1. The molecule has 8 nitrogen and oxygen atoms in total. The average molecular weight is 390 g/mol. The zero-order chi connectivity index (χ0) is 18.0. The maximum atomic E-state index is 12.3. The van der Waals surface area contributed by atoms with Crippen LogP contribution in [0.2, 0.25) is 0 Å². The van der Waals surface area contributed by atoms with Crippen LogP contribution in [0.3, 0.4) is 0 Å². The molecule has 1 amide bonds. The molecule has 1 aromatic heterocycles. The van der Waals surface area contributed by atoms with E-state index in [1.54, 1.807) is 12.1 Å². The Morgan fingerprint density at radius 1 is 1.08 bits per heavy atom. The van der Waals surface area contributed by atoms with Crippen molar-refractivity contribution in [3.63, 3.8) is 0 Å². The molecule has 0 fully saturated rings. The molecule has 0 bridgehead atoms. The van der Waals surface area contributed by atoms with Gasteiger partial charge >= 0.3 is 0 Å². The van der Waals surface area contributed by atoms with E-state index in [1.807, 2.05) is 0 Å². The van der Waals surface area contributed by atoms with Gasteiger partial charge in [-0.1, -0.05) is 18.2 Å². The zero-order valence-electron chi connectivity index (χ0n) is 12.3. The summed E-state index contributed by atoms with van der Waals surface area (Å²) in [5.41, 5.74) is 0.504. The van der Waals surface area contributed by atoms with Gasteiger partial charge in [0.1, 0.15) is 0 Å². The molecular formula is C13H12ClN3O5S2. The molecule has 0 saturated heterocycles. The summed E-state index contributed by atoms with van der Waals surface area (Å²) in [6.07, 6.45) is 1.07. The van der Waals surface area contributed by atoms with Gasteiger partial charge in [0, 0.05) is 22.5 Å². The first-order chi connectivity index (χ1) is 11.1. The molecular weight excluding hydrogens is 378 g/mol. The number of carbonyl (C=O) groups excluding carboxylic acids is 1. The predicted octanol–water partition coefficient (Wildman–Crippen LogP) is 1.20. The molecule has 128 valence electrons. The van der Waals surface area contributed by atoms with E-state index in [0.29, 0.717) is 5.56 Å². The molecule has 1 heterocycles. The van der Waals surface area contributed by atoms with Gasteiger partial charge in [0.15, 0.2) is 20.7 Å². The van der Waals surface area contributed by atoms with E-state index in [2.05, 4.69) is 15.5 Å². The number of hydrogen-bond acceptors (Lipinski definition) is 7. The Bertz CT molecular complexity index is 973. The normalized spacial score (nSPS) is 11.9. The van der Waals surface area contributed by atoms with E-state index in [1.165, 1.54) is 18.2 Å². The van der Waals surface area contributed by atoms with E-state index in [-0.39, 0.29) is 17.1 Å². The summed E-state index contributed by atoms with van der Waals surface area (Å²) in [6.45, 7) is 0. The maximum absolute atomic E-state index is 12.3. The second-order valence-corrected chi connectivity index (χ2v) is 9.53. The number of nitrogens with one attached hydrogen (secondary N) is 1. The molecule has 0 unspecified atom stereocenters. The van der Waals surface area contributed by atoms with E-state index in [4.69, 9.17) is 10.7 Å². The number of amides is 1. The number of rotatable bonds is 5. The highest BCUT2D eigenvalue weighted by Gasteiger charge is 2.16. The summed E-state index contributed by atoms with van der Waals surface area (Å²) in [5, 5.41) is 8.92. The minimum atomic E-state index is -4.01. The van der Waals surface area contributed by atoms with Crippen LogP contribution in [0.4, 0.5) is 5.82 Å². The molecule has 0 spiro atoms. The Morgan fingerprint density at radius 3 is 2.29 bits per heavy atom. The summed E-state index contributed by atoms with van der Waals surface area (Å²) >= 11 is 0. The van der Waals surface area contributed by atoms with Gasteiger partial charge < -0.3 is 5.32 Å². The topological polar surface area (TPSA) is 123 Å². The van der Waals surface area contributed by atoms with Crippen molar-refractivity contribution in [1.82, 2.24) is 10.2 Å². The van der Waals surface area contributed by atoms with Crippen LogP contribution in [-0.2, 0) is 24.6 Å². The highest BCUT2D eigenvalue weighted by Crippen LogP contribution is 2.16. The number of anilines is 1. The largest absolute Gasteiger partial charge is 0.305 e. The first kappa shape index (κ1) is 18.3. The maximum Gasteiger partial charge on any atom is 0.280 e. The van der Waals surface area contributed by atoms with Crippen LogP contribution in [0.25, 0.3) is 0 Å². The molecule has 1 N–H and O–H groups in total. The lowest BCUT2D eigenvalue weighted by atomic mass is 10.1. The number of carbonyl (C=O) groups is 1. The molecule has 0 atom stereocenters. The molecule has 11 heteroatoms. The molecule has 0 saturated carbocycles. The molecule has 0 radical (unpaired) electrons. The van der Waals surface area contributed by atoms with Crippen molar-refractivity contribution >= 4 is 41.3 Å². The number of aromatic nitrogens is 2. The second-order valence-electron chi connectivity index (χ2n) is 4.88. The number of benzene rings is 1. The molecule has 0 aliphatic carbocycles. The van der Waals surface area contributed by atoms with Gasteiger partial charge in [-0.25, -0.2) is 16.8 Å². The average Bonchev–Trinajstić information content (AvgIpc) is 2.45. The second kappa shape index (κ2) is 6.83. The summed E-state index contributed by atoms with van der Waals surface area (Å²) in [7, 11) is -2.21. The van der Waals surface area contributed by atoms with Gasteiger partial charge in [0.25, 0.3) is 15.0 Å². The fraction of sp³-hybridized carbons (Fsp3) is 0.154. The van der Waals surface area contributed by atoms with Crippen molar-refractivity contribution in [2.45, 2.75) is 10.8 Å². The van der Waals surface area contributed by atoms with Gasteiger partial charge in [-0.3, -0.25) is 4.79 Å². The molecule has 2 rings (SSSR count). The smallest absolute Gasteiger partial charge is 0.280 e. The van der Waals surface area contributed by atoms with Crippen LogP contribution in [0, 0.1) is 0 Å². The van der Waals surface area contributed by atoms with Crippen molar-refractivity contribution in [3.05, 3.63) is 47.5 Å². The van der Waals surface area contributed by atoms with Gasteiger partial charge in [0.05, 0.1) is 5.75 Å². The van der Waals surface area contributed by atoms with Crippen LogP contribution in [0.15, 0.2) is 41.4 Å². The highest BCUT2D eigenvalue weighted by atomic mass is 35.7. The third-order valence-electron chi connectivity index (χ3n) is 2.81. The molecule has 1 aromatic carbocycles. The lowest BCUT2D eigenvalue weighted by Gasteiger charge is -2.09. The quantitative estimate of drug-likeness (QED) is 0.762. The van der Waals surface area contributed by atoms with Crippen molar-refractivity contribution < 1.29 is 21.6 Å². The molecule has 0 aliphatic rings. The van der Waals surface area contributed by atoms with E-state index >= 15 is 0 Å². The van der Waals surface area contributed by atoms with Gasteiger partial charge in [-0.05, 0) is 23.8 Å². The van der Waals surface area contributed by atoms with Gasteiger partial charge in [-0.15, -0.1) is 10.2 Å². The number of halogens is 1. The Labute approximate surface area is 143 Å². The third-order valence-corrected chi connectivity index (χ3v) is 4.84. The first-order valence-corrected chi connectivity index (χ1v) is 10.8. The lowest BCUT2D eigenvalue weighted by Crippen LogP contribution is -2.17. The number of sulfone groups is 1. The predicted molar refractivity (Wildman–Crippen MR) is 88.0 cm³/mol. The minimum Gasteiger partial charge on any atom is -0.305 e. The summed E-state index contributed by atoms with van der Waals surface area (Å²) in [6, 6.07) is 8.53. The van der Waals surface area contributed by atoms with Crippen molar-refractivity contribution in [2.75, 3.05) is 11.6 Å². The minimum absolute atomic E-state index is 0.00164. The Morgan fingerprint density at radius 2 is 1.75 bits per heavy atom. The third kappa shape index (κ3) is 4.98. The molecule has 0 aliphatic heterocycles. The van der Waals surface area contributed by atoms with Crippen LogP contribution in [0.1, 0.15) is 15.9 Å². The van der Waals surface area contributed by atoms with Crippen LogP contribution in [0.5, 0.6) is 0 Å². The SMILES string of the molecule is CS(=O)(=O)Cc1ccccc1C(=O)Nc1ccc(S(=O)(=O)Cl)nn1. The van der Waals surface area contributed by atoms with E-state index in [0.717, 1.165) is 12.3 Å². The fourth-order valence-electron chi connectivity index (χ4n) is 1.85. The Balaban J connectivity index is 2.25. The summed E-state index contributed by atoms with van der Waals surface area (Å²) in [4.78, 5) is 12.3. The summed E-state index contributed by atoms with van der Waals surface area (Å²) < 4.78 is 45.1. The highest BCUT2D eigenvalue weighted by molar-refractivity contribution is 8.13. The standard InChI is InChI=1S/C13H12ClN3O5S2/c1-23(19,20)8-9-4-2-3-5-10(9)13(18)15-11-6-7-12(17-16-11)24(14,21)22/h2-7H,8H2,1H3,(H,15,16,18). The van der Waals surface area contributed by atoms with Crippen LogP contribution < -0.4 is 5.32 Å². The monoisotopic (exact) mass is 389 g/mol. The van der Waals surface area contributed by atoms with Crippen molar-refractivity contribution in [3.8, 4) is 0 Å². The van der Waals surface area contributed by atoms with Gasteiger partial charge in [0.2, 0.25) is 0 Å². The molecule has 2 aromatic rings. The Kier molecular flexibility index (Phi) is 5.21.